The van der Waals surface area contributed by atoms with Gasteiger partial charge in [-0.1, -0.05) is 74.3 Å². The van der Waals surface area contributed by atoms with Crippen molar-refractivity contribution in [3.8, 4) is 11.3 Å². The summed E-state index contributed by atoms with van der Waals surface area (Å²) >= 11 is 12.4. The van der Waals surface area contributed by atoms with E-state index in [1.807, 2.05) is 21.8 Å². The molecule has 3 heterocycles. The van der Waals surface area contributed by atoms with Crippen LogP contribution in [-0.2, 0) is 16.1 Å². The molecule has 0 radical (unpaired) electrons. The Labute approximate surface area is 258 Å². The van der Waals surface area contributed by atoms with Gasteiger partial charge in [-0.25, -0.2) is 4.68 Å². The summed E-state index contributed by atoms with van der Waals surface area (Å²) < 4.78 is 1.83. The smallest absolute Gasteiger partial charge is 0.228 e. The molecule has 0 bridgehead atoms. The molecule has 5 rings (SSSR count). The van der Waals surface area contributed by atoms with Gasteiger partial charge in [0.15, 0.2) is 0 Å². The minimum absolute atomic E-state index is 0.0206. The maximum absolute atomic E-state index is 14.0. The summed E-state index contributed by atoms with van der Waals surface area (Å²) in [6, 6.07) is 13.4. The van der Waals surface area contributed by atoms with E-state index in [1.165, 1.54) is 5.69 Å². The van der Waals surface area contributed by atoms with Crippen molar-refractivity contribution in [2.24, 2.45) is 11.3 Å². The first-order valence-electron chi connectivity index (χ1n) is 14.8. The van der Waals surface area contributed by atoms with E-state index < -0.39 is 12.0 Å². The van der Waals surface area contributed by atoms with E-state index in [9.17, 15) is 9.59 Å². The molecule has 8 nitrogen and oxygen atoms in total. The third-order valence-corrected chi connectivity index (χ3v) is 9.48. The van der Waals surface area contributed by atoms with Gasteiger partial charge in [0.25, 0.3) is 0 Å². The van der Waals surface area contributed by atoms with E-state index in [2.05, 4.69) is 67.2 Å². The Balaban J connectivity index is 1.31. The number of carbonyl (C=O) groups is 2. The van der Waals surface area contributed by atoms with Crippen molar-refractivity contribution in [2.75, 3.05) is 31.6 Å². The molecule has 42 heavy (non-hydrogen) atoms. The highest BCUT2D eigenvalue weighted by Gasteiger charge is 2.53. The molecule has 0 saturated carbocycles. The number of likely N-dealkylation sites (tertiary alicyclic amines) is 2. The number of aromatic nitrogens is 3. The third kappa shape index (κ3) is 5.88. The second kappa shape index (κ2) is 12.3. The molecule has 10 heteroatoms. The minimum Gasteiger partial charge on any atom is -0.372 e. The van der Waals surface area contributed by atoms with Crippen LogP contribution in [0.1, 0.15) is 58.6 Å². The third-order valence-electron chi connectivity index (χ3n) is 8.74. The van der Waals surface area contributed by atoms with Gasteiger partial charge in [0.1, 0.15) is 5.69 Å². The van der Waals surface area contributed by atoms with Crippen LogP contribution >= 0.6 is 23.2 Å². The molecule has 3 aromatic rings. The van der Waals surface area contributed by atoms with Gasteiger partial charge in [-0.05, 0) is 42.7 Å². The highest BCUT2D eigenvalue weighted by atomic mass is 35.5. The molecule has 3 atom stereocenters. The second-order valence-corrected chi connectivity index (χ2v) is 13.1. The Hall–Kier alpha value is -3.10. The predicted molar refractivity (Wildman–Crippen MR) is 168 cm³/mol. The molecule has 2 aromatic carbocycles. The Morgan fingerprint density at radius 3 is 2.36 bits per heavy atom. The van der Waals surface area contributed by atoms with Crippen molar-refractivity contribution in [1.82, 2.24) is 24.8 Å². The highest BCUT2D eigenvalue weighted by Crippen LogP contribution is 2.44. The van der Waals surface area contributed by atoms with E-state index in [1.54, 1.807) is 24.1 Å². The molecule has 224 valence electrons. The standard InChI is InChI=1S/C32H40Cl2N6O2/c1-6-14-38(15-7-2)23-11-8-21(9-12-23)27-18-39(36-35-27)19-28-32(3,4)20-40(28)31(42)24-17-29(41)37(5)30(24)22-10-13-25(33)26(34)16-22/h8-13,16,18,24,28,30H,6-7,14-15,17,19-20H2,1-5H3. The number of rotatable bonds is 10. The maximum atomic E-state index is 14.0. The Morgan fingerprint density at radius 2 is 1.74 bits per heavy atom. The Kier molecular flexibility index (Phi) is 8.86. The van der Waals surface area contributed by atoms with Crippen molar-refractivity contribution >= 4 is 40.7 Å². The molecule has 1 aromatic heterocycles. The monoisotopic (exact) mass is 610 g/mol. The average molecular weight is 612 g/mol. The van der Waals surface area contributed by atoms with Crippen LogP contribution in [0.5, 0.6) is 0 Å². The summed E-state index contributed by atoms with van der Waals surface area (Å²) in [6.07, 6.45) is 4.34. The summed E-state index contributed by atoms with van der Waals surface area (Å²) in [5, 5.41) is 9.72. The molecule has 2 saturated heterocycles. The van der Waals surface area contributed by atoms with Gasteiger partial charge in [0.05, 0.1) is 40.8 Å². The van der Waals surface area contributed by atoms with Gasteiger partial charge in [-0.3, -0.25) is 9.59 Å². The minimum atomic E-state index is -0.497. The van der Waals surface area contributed by atoms with Crippen LogP contribution in [0.4, 0.5) is 5.69 Å². The molecular weight excluding hydrogens is 571 g/mol. The van der Waals surface area contributed by atoms with Crippen molar-refractivity contribution in [2.45, 2.75) is 65.6 Å². The van der Waals surface area contributed by atoms with Crippen LogP contribution in [0.3, 0.4) is 0 Å². The SMILES string of the molecule is CCCN(CCC)c1ccc(-c2cn(CC3N(C(=O)C4CC(=O)N(C)C4c4ccc(Cl)c(Cl)c4)CC3(C)C)nn2)cc1. The van der Waals surface area contributed by atoms with Gasteiger partial charge in [0, 0.05) is 49.8 Å². The van der Waals surface area contributed by atoms with Crippen LogP contribution in [0.25, 0.3) is 11.3 Å². The average Bonchev–Trinajstić information content (AvgIpc) is 3.56. The van der Waals surface area contributed by atoms with Crippen LogP contribution in [0.15, 0.2) is 48.7 Å². The zero-order valence-corrected chi connectivity index (χ0v) is 26.6. The number of nitrogens with zero attached hydrogens (tertiary/aromatic N) is 6. The predicted octanol–water partition coefficient (Wildman–Crippen LogP) is 6.33. The first-order valence-corrected chi connectivity index (χ1v) is 15.6. The number of amides is 2. The lowest BCUT2D eigenvalue weighted by molar-refractivity contribution is -0.158. The Morgan fingerprint density at radius 1 is 1.05 bits per heavy atom. The van der Waals surface area contributed by atoms with Crippen LogP contribution in [0.2, 0.25) is 10.0 Å². The van der Waals surface area contributed by atoms with E-state index in [-0.39, 0.29) is 29.7 Å². The number of carbonyl (C=O) groups excluding carboxylic acids is 2. The zero-order chi connectivity index (χ0) is 30.2. The molecule has 3 unspecified atom stereocenters. The van der Waals surface area contributed by atoms with Crippen molar-refractivity contribution in [3.63, 3.8) is 0 Å². The first-order chi connectivity index (χ1) is 20.0. The van der Waals surface area contributed by atoms with E-state index in [0.717, 1.165) is 42.8 Å². The summed E-state index contributed by atoms with van der Waals surface area (Å²) in [5.74, 6) is -0.573. The van der Waals surface area contributed by atoms with Crippen molar-refractivity contribution in [3.05, 3.63) is 64.3 Å². The van der Waals surface area contributed by atoms with Crippen molar-refractivity contribution in [1.29, 1.82) is 0 Å². The van der Waals surface area contributed by atoms with E-state index in [0.29, 0.717) is 23.1 Å². The Bertz CT molecular complexity index is 1430. The van der Waals surface area contributed by atoms with E-state index >= 15 is 0 Å². The van der Waals surface area contributed by atoms with Crippen LogP contribution in [-0.4, -0.2) is 69.3 Å². The maximum Gasteiger partial charge on any atom is 0.228 e. The molecular formula is C32H40Cl2N6O2. The number of hydrogen-bond acceptors (Lipinski definition) is 5. The molecule has 0 spiro atoms. The summed E-state index contributed by atoms with van der Waals surface area (Å²) in [6.45, 7) is 12.0. The van der Waals surface area contributed by atoms with E-state index in [4.69, 9.17) is 23.2 Å². The second-order valence-electron chi connectivity index (χ2n) is 12.3. The van der Waals surface area contributed by atoms with Gasteiger partial charge in [0.2, 0.25) is 11.8 Å². The fraction of sp³-hybridized carbons (Fsp3) is 0.500. The molecule has 2 amide bonds. The van der Waals surface area contributed by atoms with Gasteiger partial charge in [-0.2, -0.15) is 0 Å². The quantitative estimate of drug-likeness (QED) is 0.268. The fourth-order valence-electron chi connectivity index (χ4n) is 6.45. The molecule has 2 aliphatic heterocycles. The van der Waals surface area contributed by atoms with Gasteiger partial charge in [-0.15, -0.1) is 5.10 Å². The lowest BCUT2D eigenvalue weighted by Crippen LogP contribution is -2.66. The lowest BCUT2D eigenvalue weighted by Gasteiger charge is -2.55. The summed E-state index contributed by atoms with van der Waals surface area (Å²) in [4.78, 5) is 32.7. The first kappa shape index (κ1) is 30.4. The van der Waals surface area contributed by atoms with Gasteiger partial charge < -0.3 is 14.7 Å². The fourth-order valence-corrected chi connectivity index (χ4v) is 6.75. The summed E-state index contributed by atoms with van der Waals surface area (Å²) in [7, 11) is 1.74. The topological polar surface area (TPSA) is 74.6 Å². The molecule has 2 aliphatic rings. The van der Waals surface area contributed by atoms with Crippen molar-refractivity contribution < 1.29 is 9.59 Å². The molecule has 2 fully saturated rings. The summed E-state index contributed by atoms with van der Waals surface area (Å²) in [5.41, 5.74) is 3.74. The largest absolute Gasteiger partial charge is 0.372 e. The van der Waals surface area contributed by atoms with Crippen LogP contribution in [0, 0.1) is 11.3 Å². The number of benzene rings is 2. The molecule has 0 N–H and O–H groups in total. The highest BCUT2D eigenvalue weighted by molar-refractivity contribution is 6.42. The number of hydrogen-bond donors (Lipinski definition) is 0. The molecule has 0 aliphatic carbocycles. The number of halogens is 2. The van der Waals surface area contributed by atoms with Gasteiger partial charge >= 0.3 is 0 Å². The number of anilines is 1. The normalized spacial score (nSPS) is 21.5. The lowest BCUT2D eigenvalue weighted by atomic mass is 9.73. The van der Waals surface area contributed by atoms with Crippen LogP contribution < -0.4 is 4.90 Å². The zero-order valence-electron chi connectivity index (χ0n) is 25.1.